The Balaban J connectivity index is 2.83. The van der Waals surface area contributed by atoms with Gasteiger partial charge >= 0.3 is 0 Å². The Morgan fingerprint density at radius 1 is 1.30 bits per heavy atom. The van der Waals surface area contributed by atoms with Crippen molar-refractivity contribution in [2.75, 3.05) is 0 Å². The number of aromatic nitrogens is 2. The number of hydrogen-bond acceptors (Lipinski definition) is 3. The maximum atomic E-state index is 8.87. The maximum absolute atomic E-state index is 8.87. The summed E-state index contributed by atoms with van der Waals surface area (Å²) in [6, 6.07) is 2.28. The number of nitriles is 1. The Morgan fingerprint density at radius 3 is 2.65 bits per heavy atom. The summed E-state index contributed by atoms with van der Waals surface area (Å²) < 4.78 is 1.96. The molecule has 2 unspecified atom stereocenters. The zero-order valence-electron chi connectivity index (χ0n) is 12.6. The summed E-state index contributed by atoms with van der Waals surface area (Å²) in [5, 5.41) is 8.87. The molecule has 0 amide bonds. The molecule has 1 heterocycles. The highest BCUT2D eigenvalue weighted by Gasteiger charge is 2.25. The quantitative estimate of drug-likeness (QED) is 0.625. The number of hydrogen-bond donors (Lipinski definition) is 0. The van der Waals surface area contributed by atoms with Gasteiger partial charge < -0.3 is 4.57 Å². The van der Waals surface area contributed by atoms with E-state index in [1.54, 1.807) is 12.5 Å². The Morgan fingerprint density at radius 2 is 2.10 bits per heavy atom. The highest BCUT2D eigenvalue weighted by atomic mass is 32.1. The summed E-state index contributed by atoms with van der Waals surface area (Å²) in [4.78, 5) is 5.06. The van der Waals surface area contributed by atoms with Crippen LogP contribution in [0.25, 0.3) is 0 Å². The maximum Gasteiger partial charge on any atom is 0.0995 e. The molecule has 0 spiro atoms. The number of unbranched alkanes of at least 4 members (excludes halogenated alkanes) is 1. The lowest BCUT2D eigenvalue weighted by molar-refractivity contribution is 0.340. The Kier molecular flexibility index (Phi) is 8.13. The molecule has 2 atom stereocenters. The van der Waals surface area contributed by atoms with Gasteiger partial charge in [-0.25, -0.2) is 4.98 Å². The van der Waals surface area contributed by atoms with Crippen LogP contribution in [0.3, 0.4) is 0 Å². The van der Waals surface area contributed by atoms with Crippen molar-refractivity contribution in [1.82, 2.24) is 9.55 Å². The molecule has 0 aromatic carbocycles. The van der Waals surface area contributed by atoms with Crippen LogP contribution in [0.5, 0.6) is 0 Å². The zero-order valence-corrected chi connectivity index (χ0v) is 13.4. The number of imidazole rings is 1. The van der Waals surface area contributed by atoms with Crippen molar-refractivity contribution in [2.45, 2.75) is 58.8 Å². The lowest BCUT2D eigenvalue weighted by Gasteiger charge is -2.27. The molecule has 0 N–H and O–H groups in total. The van der Waals surface area contributed by atoms with Crippen LogP contribution in [0, 0.1) is 23.2 Å². The van der Waals surface area contributed by atoms with Crippen molar-refractivity contribution in [2.24, 2.45) is 11.8 Å². The lowest BCUT2D eigenvalue weighted by atomic mass is 9.81. The van der Waals surface area contributed by atoms with Crippen LogP contribution >= 0.6 is 12.2 Å². The second-order valence-corrected chi connectivity index (χ2v) is 5.72. The molecule has 0 fully saturated rings. The second-order valence-electron chi connectivity index (χ2n) is 5.30. The van der Waals surface area contributed by atoms with Gasteiger partial charge in [0, 0.05) is 24.7 Å². The van der Waals surface area contributed by atoms with Gasteiger partial charge in [-0.15, -0.1) is 0 Å². The van der Waals surface area contributed by atoms with E-state index in [4.69, 9.17) is 17.5 Å². The van der Waals surface area contributed by atoms with Crippen LogP contribution in [-0.2, 0) is 0 Å². The standard InChI is InChI=1S/C16H25N3S/c1-3-5-9-15(14(7-4-2)8-6-10-17)16(20)19-12-11-18-13-19/h11-15H,3-9H2,1-2H3. The van der Waals surface area contributed by atoms with Crippen LogP contribution in [-0.4, -0.2) is 14.5 Å². The van der Waals surface area contributed by atoms with Gasteiger partial charge in [-0.3, -0.25) is 0 Å². The van der Waals surface area contributed by atoms with Gasteiger partial charge in [0.2, 0.25) is 0 Å². The minimum Gasteiger partial charge on any atom is -0.300 e. The molecule has 0 saturated heterocycles. The van der Waals surface area contributed by atoms with E-state index in [1.807, 2.05) is 10.8 Å². The van der Waals surface area contributed by atoms with Crippen molar-refractivity contribution < 1.29 is 0 Å². The minimum absolute atomic E-state index is 0.382. The minimum atomic E-state index is 0.382. The smallest absolute Gasteiger partial charge is 0.0995 e. The largest absolute Gasteiger partial charge is 0.300 e. The summed E-state index contributed by atoms with van der Waals surface area (Å²) in [6.45, 7) is 4.41. The second kappa shape index (κ2) is 9.66. The van der Waals surface area contributed by atoms with Crippen molar-refractivity contribution >= 4 is 17.2 Å². The molecular formula is C16H25N3S. The van der Waals surface area contributed by atoms with Crippen molar-refractivity contribution in [1.29, 1.82) is 5.26 Å². The topological polar surface area (TPSA) is 41.6 Å². The summed E-state index contributed by atoms with van der Waals surface area (Å²) in [6.07, 6.45) is 12.8. The van der Waals surface area contributed by atoms with Gasteiger partial charge in [-0.2, -0.15) is 5.26 Å². The van der Waals surface area contributed by atoms with E-state index in [9.17, 15) is 0 Å². The van der Waals surface area contributed by atoms with Crippen LogP contribution in [0.1, 0.15) is 58.8 Å². The Hall–Kier alpha value is -1.21. The molecule has 1 aromatic rings. The van der Waals surface area contributed by atoms with Crippen LogP contribution in [0.4, 0.5) is 0 Å². The number of nitrogens with zero attached hydrogens (tertiary/aromatic N) is 3. The first-order chi connectivity index (χ1) is 9.74. The molecule has 0 aliphatic rings. The predicted octanol–water partition coefficient (Wildman–Crippen LogP) is 4.59. The molecule has 0 aliphatic heterocycles. The fraction of sp³-hybridized carbons (Fsp3) is 0.688. The third kappa shape index (κ3) is 5.05. The summed E-state index contributed by atoms with van der Waals surface area (Å²) >= 11 is 5.69. The van der Waals surface area contributed by atoms with Gasteiger partial charge in [-0.05, 0) is 18.8 Å². The fourth-order valence-corrected chi connectivity index (χ4v) is 3.15. The van der Waals surface area contributed by atoms with E-state index in [2.05, 4.69) is 24.9 Å². The van der Waals surface area contributed by atoms with Gasteiger partial charge in [0.25, 0.3) is 0 Å². The van der Waals surface area contributed by atoms with Crippen molar-refractivity contribution in [3.05, 3.63) is 18.7 Å². The summed E-state index contributed by atoms with van der Waals surface area (Å²) in [5.74, 6) is 0.897. The van der Waals surface area contributed by atoms with E-state index in [0.29, 0.717) is 18.3 Å². The lowest BCUT2D eigenvalue weighted by Crippen LogP contribution is -2.27. The fourth-order valence-electron chi connectivity index (χ4n) is 2.73. The molecule has 0 saturated carbocycles. The molecule has 4 heteroatoms. The van der Waals surface area contributed by atoms with Crippen molar-refractivity contribution in [3.8, 4) is 6.07 Å². The van der Waals surface area contributed by atoms with Gasteiger partial charge in [0.15, 0.2) is 0 Å². The molecule has 20 heavy (non-hydrogen) atoms. The summed E-state index contributed by atoms with van der Waals surface area (Å²) in [7, 11) is 0. The predicted molar refractivity (Wildman–Crippen MR) is 86.5 cm³/mol. The molecule has 1 aromatic heterocycles. The van der Waals surface area contributed by atoms with Crippen LogP contribution in [0.2, 0.25) is 0 Å². The highest BCUT2D eigenvalue weighted by molar-refractivity contribution is 7.80. The number of rotatable bonds is 9. The molecule has 3 nitrogen and oxygen atoms in total. The van der Waals surface area contributed by atoms with Gasteiger partial charge in [-0.1, -0.05) is 51.7 Å². The van der Waals surface area contributed by atoms with Crippen LogP contribution in [0.15, 0.2) is 18.7 Å². The van der Waals surface area contributed by atoms with E-state index in [-0.39, 0.29) is 0 Å². The van der Waals surface area contributed by atoms with E-state index < -0.39 is 0 Å². The average molecular weight is 291 g/mol. The normalized spacial score (nSPS) is 13.7. The highest BCUT2D eigenvalue weighted by Crippen LogP contribution is 2.29. The third-order valence-corrected chi connectivity index (χ3v) is 4.31. The monoisotopic (exact) mass is 291 g/mol. The average Bonchev–Trinajstić information content (AvgIpc) is 2.98. The Labute approximate surface area is 128 Å². The van der Waals surface area contributed by atoms with Crippen LogP contribution < -0.4 is 0 Å². The number of thiocarbonyl (C=S) groups is 1. The third-order valence-electron chi connectivity index (χ3n) is 3.80. The first-order valence-electron chi connectivity index (χ1n) is 7.63. The summed E-state index contributed by atoms with van der Waals surface area (Å²) in [5.41, 5.74) is 0. The SMILES string of the molecule is CCCCC(C(=S)n1ccnc1)C(CCC)CCC#N. The molecule has 0 radical (unpaired) electrons. The van der Waals surface area contributed by atoms with E-state index in [1.165, 1.54) is 12.8 Å². The zero-order chi connectivity index (χ0) is 14.8. The molecule has 0 bridgehead atoms. The molecule has 0 aliphatic carbocycles. The molecule has 1 rings (SSSR count). The van der Waals surface area contributed by atoms with Crippen molar-refractivity contribution in [3.63, 3.8) is 0 Å². The first kappa shape index (κ1) is 16.8. The molecule has 110 valence electrons. The first-order valence-corrected chi connectivity index (χ1v) is 8.04. The van der Waals surface area contributed by atoms with E-state index >= 15 is 0 Å². The van der Waals surface area contributed by atoms with Gasteiger partial charge in [0.1, 0.15) is 0 Å². The van der Waals surface area contributed by atoms with E-state index in [0.717, 1.165) is 30.7 Å². The van der Waals surface area contributed by atoms with Gasteiger partial charge in [0.05, 0.1) is 17.4 Å². The molecular weight excluding hydrogens is 266 g/mol. The Bertz CT molecular complexity index is 419.